The summed E-state index contributed by atoms with van der Waals surface area (Å²) >= 11 is 0. The predicted molar refractivity (Wildman–Crippen MR) is 64.0 cm³/mol. The number of alkyl halides is 3. The molecule has 0 aliphatic rings. The van der Waals surface area contributed by atoms with Crippen LogP contribution in [-0.4, -0.2) is 22.6 Å². The summed E-state index contributed by atoms with van der Waals surface area (Å²) < 4.78 is 35.7. The maximum atomic E-state index is 11.9. The van der Waals surface area contributed by atoms with Gasteiger partial charge in [0, 0.05) is 25.2 Å². The van der Waals surface area contributed by atoms with Crippen LogP contribution in [0.4, 0.5) is 24.7 Å². The fourth-order valence-electron chi connectivity index (χ4n) is 1.45. The van der Waals surface area contributed by atoms with E-state index in [4.69, 9.17) is 5.26 Å². The van der Waals surface area contributed by atoms with Gasteiger partial charge in [-0.15, -0.1) is 0 Å². The van der Waals surface area contributed by atoms with Gasteiger partial charge in [0.2, 0.25) is 5.82 Å². The molecule has 0 unspecified atom stereocenters. The minimum Gasteiger partial charge on any atom is -0.364 e. The Hall–Kier alpha value is -2.37. The van der Waals surface area contributed by atoms with Crippen molar-refractivity contribution in [3.8, 4) is 6.07 Å². The van der Waals surface area contributed by atoms with E-state index in [0.29, 0.717) is 0 Å². The van der Waals surface area contributed by atoms with Crippen molar-refractivity contribution in [2.45, 2.75) is 25.4 Å². The second kappa shape index (κ2) is 6.70. The first-order valence-corrected chi connectivity index (χ1v) is 5.68. The number of hydrogen-bond donors (Lipinski definition) is 1. The predicted octanol–water partition coefficient (Wildman–Crippen LogP) is 3.01. The van der Waals surface area contributed by atoms with Crippen LogP contribution in [0.5, 0.6) is 0 Å². The van der Waals surface area contributed by atoms with Crippen molar-refractivity contribution in [2.24, 2.45) is 0 Å². The highest BCUT2D eigenvalue weighted by Gasteiger charge is 2.25. The summed E-state index contributed by atoms with van der Waals surface area (Å²) in [6.45, 7) is 0.135. The fourth-order valence-corrected chi connectivity index (χ4v) is 1.45. The zero-order chi connectivity index (χ0) is 15.2. The van der Waals surface area contributed by atoms with Crippen molar-refractivity contribution in [3.63, 3.8) is 0 Å². The SMILES string of the molecule is N#Cc1cnc(NCCCCC(F)(F)F)c([N+](=O)[O-])c1. The number of nitro groups is 1. The summed E-state index contributed by atoms with van der Waals surface area (Å²) in [6, 6.07) is 2.78. The van der Waals surface area contributed by atoms with Gasteiger partial charge in [0.15, 0.2) is 0 Å². The average molecular weight is 288 g/mol. The minimum atomic E-state index is -4.20. The Labute approximate surface area is 112 Å². The summed E-state index contributed by atoms with van der Waals surface area (Å²) in [7, 11) is 0. The van der Waals surface area contributed by atoms with Crippen molar-refractivity contribution in [1.29, 1.82) is 5.26 Å². The number of nitrogens with zero attached hydrogens (tertiary/aromatic N) is 3. The van der Waals surface area contributed by atoms with Crippen LogP contribution < -0.4 is 5.32 Å². The minimum absolute atomic E-state index is 0.0410. The lowest BCUT2D eigenvalue weighted by Gasteiger charge is -2.07. The molecule has 1 aromatic rings. The molecule has 0 amide bonds. The maximum Gasteiger partial charge on any atom is 0.389 e. The first-order valence-electron chi connectivity index (χ1n) is 5.68. The van der Waals surface area contributed by atoms with E-state index in [1.807, 2.05) is 0 Å². The Morgan fingerprint density at radius 1 is 1.45 bits per heavy atom. The molecule has 1 N–H and O–H groups in total. The summed E-state index contributed by atoms with van der Waals surface area (Å²) in [5.74, 6) is -0.0546. The normalized spacial score (nSPS) is 10.9. The number of nitrogens with one attached hydrogen (secondary N) is 1. The monoisotopic (exact) mass is 288 g/mol. The van der Waals surface area contributed by atoms with E-state index in [-0.39, 0.29) is 36.5 Å². The molecule has 9 heteroatoms. The smallest absolute Gasteiger partial charge is 0.364 e. The molecule has 0 saturated heterocycles. The van der Waals surface area contributed by atoms with E-state index in [1.165, 1.54) is 0 Å². The van der Waals surface area contributed by atoms with Crippen LogP contribution in [0.25, 0.3) is 0 Å². The van der Waals surface area contributed by atoms with Crippen molar-refractivity contribution < 1.29 is 18.1 Å². The van der Waals surface area contributed by atoms with Gasteiger partial charge in [-0.2, -0.15) is 18.4 Å². The molecular weight excluding hydrogens is 277 g/mol. The molecule has 6 nitrogen and oxygen atoms in total. The Kier molecular flexibility index (Phi) is 5.25. The number of anilines is 1. The number of hydrogen-bond acceptors (Lipinski definition) is 5. The Bertz CT molecular complexity index is 525. The maximum absolute atomic E-state index is 11.9. The van der Waals surface area contributed by atoms with E-state index in [2.05, 4.69) is 10.3 Å². The molecule has 0 aliphatic carbocycles. The quantitative estimate of drug-likeness (QED) is 0.493. The van der Waals surface area contributed by atoms with Crippen LogP contribution >= 0.6 is 0 Å². The fraction of sp³-hybridized carbons (Fsp3) is 0.455. The third-order valence-corrected chi connectivity index (χ3v) is 2.37. The molecule has 0 aromatic carbocycles. The van der Waals surface area contributed by atoms with Gasteiger partial charge in [0.1, 0.15) is 6.07 Å². The van der Waals surface area contributed by atoms with Crippen LogP contribution in [0.1, 0.15) is 24.8 Å². The van der Waals surface area contributed by atoms with Gasteiger partial charge in [-0.25, -0.2) is 4.98 Å². The lowest BCUT2D eigenvalue weighted by atomic mass is 10.2. The van der Waals surface area contributed by atoms with Crippen molar-refractivity contribution >= 4 is 11.5 Å². The number of halogens is 3. The topological polar surface area (TPSA) is 91.8 Å². The third kappa shape index (κ3) is 5.09. The van der Waals surface area contributed by atoms with Crippen LogP contribution in [0.15, 0.2) is 12.3 Å². The lowest BCUT2D eigenvalue weighted by Crippen LogP contribution is -2.10. The molecular formula is C11H11F3N4O2. The summed E-state index contributed by atoms with van der Waals surface area (Å²) in [6.07, 6.45) is -3.79. The van der Waals surface area contributed by atoms with Gasteiger partial charge in [-0.1, -0.05) is 0 Å². The molecule has 0 radical (unpaired) electrons. The number of pyridine rings is 1. The number of aromatic nitrogens is 1. The standard InChI is InChI=1S/C11H11F3N4O2/c12-11(13,14)3-1-2-4-16-10-9(18(19)20)5-8(6-15)7-17-10/h5,7H,1-4H2,(H,16,17). The molecule has 1 aromatic heterocycles. The van der Waals surface area contributed by atoms with Crippen LogP contribution in [0.3, 0.4) is 0 Å². The highest BCUT2D eigenvalue weighted by Crippen LogP contribution is 2.24. The molecule has 108 valence electrons. The lowest BCUT2D eigenvalue weighted by molar-refractivity contribution is -0.384. The highest BCUT2D eigenvalue weighted by atomic mass is 19.4. The van der Waals surface area contributed by atoms with Gasteiger partial charge in [-0.3, -0.25) is 10.1 Å². The van der Waals surface area contributed by atoms with Gasteiger partial charge in [0.25, 0.3) is 0 Å². The zero-order valence-electron chi connectivity index (χ0n) is 10.3. The Morgan fingerprint density at radius 3 is 2.70 bits per heavy atom. The van der Waals surface area contributed by atoms with Gasteiger partial charge in [0.05, 0.1) is 10.5 Å². The molecule has 0 saturated carbocycles. The van der Waals surface area contributed by atoms with E-state index < -0.39 is 17.5 Å². The zero-order valence-corrected chi connectivity index (χ0v) is 10.3. The summed E-state index contributed by atoms with van der Waals surface area (Å²) in [4.78, 5) is 13.8. The Balaban J connectivity index is 2.56. The van der Waals surface area contributed by atoms with Crippen LogP contribution in [0, 0.1) is 21.4 Å². The first kappa shape index (κ1) is 15.7. The molecule has 0 spiro atoms. The highest BCUT2D eigenvalue weighted by molar-refractivity contribution is 5.58. The molecule has 0 fully saturated rings. The summed E-state index contributed by atoms with van der Waals surface area (Å²) in [5, 5.41) is 22.0. The second-order valence-electron chi connectivity index (χ2n) is 3.96. The molecule has 1 heterocycles. The second-order valence-corrected chi connectivity index (χ2v) is 3.96. The van der Waals surface area contributed by atoms with Crippen LogP contribution in [0.2, 0.25) is 0 Å². The third-order valence-electron chi connectivity index (χ3n) is 2.37. The number of nitriles is 1. The van der Waals surface area contributed by atoms with Crippen molar-refractivity contribution in [3.05, 3.63) is 27.9 Å². The largest absolute Gasteiger partial charge is 0.389 e. The van der Waals surface area contributed by atoms with Crippen LogP contribution in [-0.2, 0) is 0 Å². The summed E-state index contributed by atoms with van der Waals surface area (Å²) in [5.41, 5.74) is -0.334. The first-order chi connectivity index (χ1) is 9.33. The molecule has 1 rings (SSSR count). The molecule has 0 bridgehead atoms. The van der Waals surface area contributed by atoms with E-state index >= 15 is 0 Å². The molecule has 0 aliphatic heterocycles. The molecule has 20 heavy (non-hydrogen) atoms. The Morgan fingerprint density at radius 2 is 2.15 bits per heavy atom. The number of rotatable bonds is 6. The van der Waals surface area contributed by atoms with Gasteiger partial charge >= 0.3 is 11.9 Å². The van der Waals surface area contributed by atoms with E-state index in [1.54, 1.807) is 6.07 Å². The van der Waals surface area contributed by atoms with Gasteiger partial charge < -0.3 is 5.32 Å². The van der Waals surface area contributed by atoms with Crippen molar-refractivity contribution in [1.82, 2.24) is 4.98 Å². The van der Waals surface area contributed by atoms with E-state index in [9.17, 15) is 23.3 Å². The number of unbranched alkanes of at least 4 members (excludes halogenated alkanes) is 1. The van der Waals surface area contributed by atoms with Crippen molar-refractivity contribution in [2.75, 3.05) is 11.9 Å². The average Bonchev–Trinajstić information content (AvgIpc) is 2.37. The van der Waals surface area contributed by atoms with E-state index in [0.717, 1.165) is 12.3 Å². The van der Waals surface area contributed by atoms with Gasteiger partial charge in [-0.05, 0) is 12.8 Å². The molecule has 0 atom stereocenters.